The minimum Gasteiger partial charge on any atom is -0.396 e. The number of nitrogens with two attached hydrogens (primary N) is 1. The molecule has 0 spiro atoms. The first kappa shape index (κ1) is 15.3. The maximum atomic E-state index is 10.5. The Hall–Kier alpha value is -2.06. The highest BCUT2D eigenvalue weighted by atomic mass is 32.1. The Morgan fingerprint density at radius 3 is 2.38 bits per heavy atom. The highest BCUT2D eigenvalue weighted by molar-refractivity contribution is 7.11. The fourth-order valence-corrected chi connectivity index (χ4v) is 2.71. The van der Waals surface area contributed by atoms with Crippen molar-refractivity contribution in [1.29, 1.82) is 0 Å². The normalized spacial score (nSPS) is 11.5. The number of hydrogen-bond acceptors (Lipinski definition) is 7. The molecule has 0 saturated heterocycles. The van der Waals surface area contributed by atoms with Crippen molar-refractivity contribution >= 4 is 34.1 Å². The summed E-state index contributed by atoms with van der Waals surface area (Å²) in [5, 5.41) is 4.14. The van der Waals surface area contributed by atoms with Crippen LogP contribution >= 0.6 is 22.7 Å². The lowest BCUT2D eigenvalue weighted by Crippen LogP contribution is -2.05. The maximum Gasteiger partial charge on any atom is 0.171 e. The third-order valence-electron chi connectivity index (χ3n) is 2.66. The van der Waals surface area contributed by atoms with E-state index in [9.17, 15) is 4.79 Å². The third kappa shape index (κ3) is 4.20. The Kier molecular flexibility index (Phi) is 5.18. The Labute approximate surface area is 130 Å². The molecule has 0 saturated carbocycles. The molecule has 3 rings (SSSR count). The molecule has 3 heterocycles. The molecule has 3 aromatic rings. The molecule has 0 fully saturated rings. The van der Waals surface area contributed by atoms with Crippen LogP contribution in [0.5, 0.6) is 0 Å². The van der Waals surface area contributed by atoms with Gasteiger partial charge in [0.15, 0.2) is 5.78 Å². The van der Waals surface area contributed by atoms with E-state index >= 15 is 0 Å². The van der Waals surface area contributed by atoms with Gasteiger partial charge in [-0.05, 0) is 6.92 Å². The van der Waals surface area contributed by atoms with Gasteiger partial charge in [0, 0.05) is 30.4 Å². The van der Waals surface area contributed by atoms with Crippen LogP contribution in [0.1, 0.15) is 34.4 Å². The molecular weight excluding hydrogens is 306 g/mol. The van der Waals surface area contributed by atoms with Crippen LogP contribution in [0.25, 0.3) is 0 Å². The highest BCUT2D eigenvalue weighted by Crippen LogP contribution is 2.20. The predicted octanol–water partition coefficient (Wildman–Crippen LogP) is 2.88. The fraction of sp³-hybridized carbons (Fsp3) is 0.231. The number of Topliss-reactive ketones (excluding diaryl/α,β-unsaturated/α-hetero) is 1. The smallest absolute Gasteiger partial charge is 0.171 e. The summed E-state index contributed by atoms with van der Waals surface area (Å²) in [4.78, 5) is 20.2. The Balaban J connectivity index is 0.000000173. The van der Waals surface area contributed by atoms with Crippen LogP contribution in [0.3, 0.4) is 0 Å². The lowest BCUT2D eigenvalue weighted by Gasteiger charge is -2.08. The topological polar surface area (TPSA) is 86.7 Å². The molecule has 6 nitrogen and oxygen atoms in total. The minimum absolute atomic E-state index is 0.0903. The quantitative estimate of drug-likeness (QED) is 0.750. The monoisotopic (exact) mass is 321 g/mol. The van der Waals surface area contributed by atoms with Crippen molar-refractivity contribution in [2.45, 2.75) is 19.9 Å². The molecule has 110 valence electrons. The number of nitrogen functional groups attached to an aromatic ring is 1. The third-order valence-corrected chi connectivity index (χ3v) is 4.48. The molecule has 0 amide bonds. The Bertz CT molecular complexity index is 675. The summed E-state index contributed by atoms with van der Waals surface area (Å²) in [6.07, 6.45) is 6.90. The van der Waals surface area contributed by atoms with Gasteiger partial charge in [-0.1, -0.05) is 0 Å². The number of carbonyl (C=O) groups excluding carboxylic acids is 1. The van der Waals surface area contributed by atoms with E-state index < -0.39 is 0 Å². The highest BCUT2D eigenvalue weighted by Gasteiger charge is 2.09. The first-order valence-corrected chi connectivity index (χ1v) is 7.91. The molecule has 1 unspecified atom stereocenters. The van der Waals surface area contributed by atoms with Gasteiger partial charge in [0.05, 0.1) is 33.8 Å². The fourth-order valence-electron chi connectivity index (χ4n) is 1.52. The van der Waals surface area contributed by atoms with Crippen LogP contribution in [0.4, 0.5) is 5.69 Å². The minimum atomic E-state index is 0.0903. The number of thiazole rings is 2. The summed E-state index contributed by atoms with van der Waals surface area (Å²) in [7, 11) is 0. The molecule has 0 radical (unpaired) electrons. The van der Waals surface area contributed by atoms with E-state index in [0.29, 0.717) is 5.69 Å². The zero-order chi connectivity index (χ0) is 15.2. The molecule has 2 N–H and O–H groups in total. The zero-order valence-corrected chi connectivity index (χ0v) is 13.3. The van der Waals surface area contributed by atoms with Gasteiger partial charge in [-0.2, -0.15) is 5.10 Å². The molecular formula is C13H15N5OS2. The van der Waals surface area contributed by atoms with Crippen molar-refractivity contribution < 1.29 is 4.79 Å². The summed E-state index contributed by atoms with van der Waals surface area (Å²) >= 11 is 2.99. The van der Waals surface area contributed by atoms with Crippen LogP contribution < -0.4 is 5.73 Å². The van der Waals surface area contributed by atoms with Crippen molar-refractivity contribution in [3.8, 4) is 0 Å². The largest absolute Gasteiger partial charge is 0.396 e. The molecule has 0 aromatic carbocycles. The van der Waals surface area contributed by atoms with Crippen molar-refractivity contribution in [2.75, 3.05) is 5.73 Å². The van der Waals surface area contributed by atoms with Crippen molar-refractivity contribution in [1.82, 2.24) is 19.7 Å². The number of hydrogen-bond donors (Lipinski definition) is 1. The Morgan fingerprint density at radius 1 is 1.24 bits per heavy atom. The van der Waals surface area contributed by atoms with E-state index in [0.717, 1.165) is 4.88 Å². The standard InChI is InChI=1S/C8H10N4S.C5H5NOS/c1-6(8-3-10-5-13-8)12-4-7(9)2-11-12;1-4(7)5-2-6-3-8-5/h2-6H,9H2,1H3;2-3H,1H3. The summed E-state index contributed by atoms with van der Waals surface area (Å²) in [6, 6.07) is 0.213. The molecule has 21 heavy (non-hydrogen) atoms. The summed E-state index contributed by atoms with van der Waals surface area (Å²) in [5.74, 6) is 0.0903. The number of aromatic nitrogens is 4. The average Bonchev–Trinajstić information content (AvgIpc) is 3.21. The van der Waals surface area contributed by atoms with Gasteiger partial charge in [-0.25, -0.2) is 0 Å². The SMILES string of the molecule is CC(=O)c1cncs1.CC(c1cncs1)n1cc(N)cn1. The number of nitrogens with zero attached hydrogens (tertiary/aromatic N) is 4. The number of anilines is 1. The van der Waals surface area contributed by atoms with E-state index in [2.05, 4.69) is 22.0 Å². The van der Waals surface area contributed by atoms with Gasteiger partial charge in [-0.15, -0.1) is 22.7 Å². The van der Waals surface area contributed by atoms with E-state index in [4.69, 9.17) is 5.73 Å². The molecule has 1 atom stereocenters. The zero-order valence-electron chi connectivity index (χ0n) is 11.6. The van der Waals surface area contributed by atoms with Crippen molar-refractivity contribution in [3.63, 3.8) is 0 Å². The van der Waals surface area contributed by atoms with Gasteiger partial charge in [0.2, 0.25) is 0 Å². The van der Waals surface area contributed by atoms with Crippen LogP contribution in [-0.2, 0) is 0 Å². The summed E-state index contributed by atoms with van der Waals surface area (Å²) < 4.78 is 1.84. The lowest BCUT2D eigenvalue weighted by molar-refractivity contribution is 0.102. The van der Waals surface area contributed by atoms with Gasteiger partial charge in [0.25, 0.3) is 0 Å². The predicted molar refractivity (Wildman–Crippen MR) is 84.7 cm³/mol. The van der Waals surface area contributed by atoms with Crippen LogP contribution in [0.2, 0.25) is 0 Å². The van der Waals surface area contributed by atoms with E-state index in [-0.39, 0.29) is 11.8 Å². The van der Waals surface area contributed by atoms with E-state index in [1.165, 1.54) is 23.1 Å². The second-order valence-corrected chi connectivity index (χ2v) is 6.06. The number of carbonyl (C=O) groups is 1. The molecule has 0 aliphatic heterocycles. The number of ketones is 1. The van der Waals surface area contributed by atoms with Gasteiger partial charge < -0.3 is 5.73 Å². The van der Waals surface area contributed by atoms with Crippen LogP contribution in [-0.4, -0.2) is 25.5 Å². The van der Waals surface area contributed by atoms with E-state index in [1.54, 1.807) is 29.2 Å². The molecule has 0 aliphatic rings. The van der Waals surface area contributed by atoms with Crippen LogP contribution in [0, 0.1) is 0 Å². The Morgan fingerprint density at radius 2 is 1.95 bits per heavy atom. The average molecular weight is 321 g/mol. The maximum absolute atomic E-state index is 10.5. The van der Waals surface area contributed by atoms with E-state index in [1.807, 2.05) is 22.6 Å². The summed E-state index contributed by atoms with van der Waals surface area (Å²) in [6.45, 7) is 3.60. The van der Waals surface area contributed by atoms with Crippen LogP contribution in [0.15, 0.2) is 35.8 Å². The summed E-state index contributed by atoms with van der Waals surface area (Å²) in [5.41, 5.74) is 9.73. The molecule has 8 heteroatoms. The first-order chi connectivity index (χ1) is 10.1. The molecule has 0 aliphatic carbocycles. The second kappa shape index (κ2) is 7.09. The van der Waals surface area contributed by atoms with Crippen molar-refractivity contribution in [2.24, 2.45) is 0 Å². The molecule has 0 bridgehead atoms. The van der Waals surface area contributed by atoms with Crippen molar-refractivity contribution in [3.05, 3.63) is 45.6 Å². The van der Waals surface area contributed by atoms with Gasteiger partial charge >= 0.3 is 0 Å². The van der Waals surface area contributed by atoms with Gasteiger partial charge in [-0.3, -0.25) is 19.4 Å². The first-order valence-electron chi connectivity index (χ1n) is 6.15. The lowest BCUT2D eigenvalue weighted by atomic mass is 10.3. The second-order valence-electron chi connectivity index (χ2n) is 4.26. The van der Waals surface area contributed by atoms with Gasteiger partial charge in [0.1, 0.15) is 0 Å². The number of rotatable bonds is 3. The molecule has 3 aromatic heterocycles.